The molecule has 0 bridgehead atoms. The Balaban J connectivity index is 0. The van der Waals surface area contributed by atoms with Crippen LogP contribution in [-0.2, 0) is 0 Å². The zero-order chi connectivity index (χ0) is 3.58. The summed E-state index contributed by atoms with van der Waals surface area (Å²) >= 11 is 0. The fourth-order valence-electron chi connectivity index (χ4n) is 0. The standard InChI is InChI=1S/CH2O3.Bi/c2-1(3)4;/h(H2,2,3,4);. The molecule has 0 aliphatic heterocycles. The van der Waals surface area contributed by atoms with Crippen LogP contribution in [0.5, 0.6) is 0 Å². The van der Waals surface area contributed by atoms with Gasteiger partial charge in [0.1, 0.15) is 0 Å². The van der Waals surface area contributed by atoms with Gasteiger partial charge in [0.25, 0.3) is 0 Å². The first-order chi connectivity index (χ1) is 1.73. The van der Waals surface area contributed by atoms with Gasteiger partial charge in [-0.25, -0.2) is 4.79 Å². The number of hydrogen-bond donors (Lipinski definition) is 2. The summed E-state index contributed by atoms with van der Waals surface area (Å²) < 4.78 is 0. The monoisotopic (exact) mass is 271 g/mol. The maximum absolute atomic E-state index is 8.56. The molecule has 3 radical (unpaired) electrons. The molecule has 0 amide bonds. The first-order valence-corrected chi connectivity index (χ1v) is 0.651. The van der Waals surface area contributed by atoms with Crippen molar-refractivity contribution in [3.8, 4) is 0 Å². The molecule has 0 spiro atoms. The van der Waals surface area contributed by atoms with Gasteiger partial charge >= 0.3 is 6.16 Å². The molecule has 0 rings (SSSR count). The quantitative estimate of drug-likeness (QED) is 0.602. The minimum absolute atomic E-state index is 0. The van der Waals surface area contributed by atoms with Crippen LogP contribution in [0, 0.1) is 0 Å². The molecule has 29 valence electrons. The minimum Gasteiger partial charge on any atom is -0.450 e. The maximum Gasteiger partial charge on any atom is 0.503 e. The molecule has 5 heavy (non-hydrogen) atoms. The molecule has 0 atom stereocenters. The fraction of sp³-hybridized carbons (Fsp3) is 0. The van der Waals surface area contributed by atoms with Crippen molar-refractivity contribution >= 4 is 32.4 Å². The fourth-order valence-corrected chi connectivity index (χ4v) is 0. The first-order valence-electron chi connectivity index (χ1n) is 0.651. The number of carboxylic acid groups (broad SMARTS) is 2. The summed E-state index contributed by atoms with van der Waals surface area (Å²) in [5.74, 6) is 0. The van der Waals surface area contributed by atoms with Crippen molar-refractivity contribution < 1.29 is 15.0 Å². The number of rotatable bonds is 0. The van der Waals surface area contributed by atoms with E-state index in [-0.39, 0.29) is 26.2 Å². The molecular formula is CH2BiO3. The van der Waals surface area contributed by atoms with Crippen LogP contribution < -0.4 is 0 Å². The Morgan fingerprint density at radius 2 is 1.40 bits per heavy atom. The van der Waals surface area contributed by atoms with E-state index in [2.05, 4.69) is 0 Å². The van der Waals surface area contributed by atoms with Gasteiger partial charge in [0.05, 0.1) is 0 Å². The predicted octanol–water partition coefficient (Wildman–Crippen LogP) is -0.158. The van der Waals surface area contributed by atoms with E-state index in [0.717, 1.165) is 0 Å². The Labute approximate surface area is 47.7 Å². The van der Waals surface area contributed by atoms with Crippen LogP contribution in [0.4, 0.5) is 4.79 Å². The SMILES string of the molecule is O=C(O)O.[Bi]. The van der Waals surface area contributed by atoms with E-state index in [1.165, 1.54) is 0 Å². The Morgan fingerprint density at radius 1 is 1.40 bits per heavy atom. The van der Waals surface area contributed by atoms with Crippen LogP contribution in [0.2, 0.25) is 0 Å². The van der Waals surface area contributed by atoms with Crippen molar-refractivity contribution in [1.82, 2.24) is 0 Å². The second-order valence-corrected chi connectivity index (χ2v) is 0.283. The largest absolute Gasteiger partial charge is 0.503 e. The van der Waals surface area contributed by atoms with Gasteiger partial charge in [-0.15, -0.1) is 0 Å². The normalized spacial score (nSPS) is 4.80. The van der Waals surface area contributed by atoms with Crippen LogP contribution >= 0.6 is 0 Å². The topological polar surface area (TPSA) is 57.5 Å². The van der Waals surface area contributed by atoms with E-state index in [1.54, 1.807) is 0 Å². The summed E-state index contributed by atoms with van der Waals surface area (Å²) in [5.41, 5.74) is 0. The van der Waals surface area contributed by atoms with Crippen molar-refractivity contribution in [3.63, 3.8) is 0 Å². The van der Waals surface area contributed by atoms with Crippen molar-refractivity contribution in [2.24, 2.45) is 0 Å². The van der Waals surface area contributed by atoms with E-state index in [0.29, 0.717) is 0 Å². The van der Waals surface area contributed by atoms with Gasteiger partial charge in [0, 0.05) is 26.2 Å². The Morgan fingerprint density at radius 3 is 1.40 bits per heavy atom. The number of hydrogen-bond acceptors (Lipinski definition) is 1. The Hall–Kier alpha value is 0.153. The van der Waals surface area contributed by atoms with Crippen LogP contribution in [0.3, 0.4) is 0 Å². The molecule has 0 heterocycles. The van der Waals surface area contributed by atoms with E-state index < -0.39 is 6.16 Å². The van der Waals surface area contributed by atoms with Crippen molar-refractivity contribution in [2.45, 2.75) is 0 Å². The van der Waals surface area contributed by atoms with Crippen LogP contribution in [0.1, 0.15) is 0 Å². The predicted molar refractivity (Wildman–Crippen MR) is 16.4 cm³/mol. The maximum atomic E-state index is 8.56. The van der Waals surface area contributed by atoms with E-state index >= 15 is 0 Å². The smallest absolute Gasteiger partial charge is 0.450 e. The van der Waals surface area contributed by atoms with E-state index in [1.807, 2.05) is 0 Å². The summed E-state index contributed by atoms with van der Waals surface area (Å²) in [6.45, 7) is 0. The molecule has 4 heteroatoms. The molecule has 3 nitrogen and oxygen atoms in total. The van der Waals surface area contributed by atoms with Gasteiger partial charge in [0.2, 0.25) is 0 Å². The van der Waals surface area contributed by atoms with Gasteiger partial charge in [-0.1, -0.05) is 0 Å². The molecular weight excluding hydrogens is 269 g/mol. The Kier molecular flexibility index (Phi) is 7.43. The Bertz CT molecular complexity index is 29.9. The summed E-state index contributed by atoms with van der Waals surface area (Å²) in [5, 5.41) is 13.9. The summed E-state index contributed by atoms with van der Waals surface area (Å²) in [6.07, 6.45) is -1.83. The molecule has 0 saturated heterocycles. The number of carbonyl (C=O) groups is 1. The van der Waals surface area contributed by atoms with Crippen molar-refractivity contribution in [2.75, 3.05) is 0 Å². The van der Waals surface area contributed by atoms with Gasteiger partial charge in [-0.05, 0) is 0 Å². The van der Waals surface area contributed by atoms with Crippen LogP contribution in [0.25, 0.3) is 0 Å². The average Bonchev–Trinajstić information content (AvgIpc) is 0.811. The zero-order valence-electron chi connectivity index (χ0n) is 2.25. The van der Waals surface area contributed by atoms with Crippen LogP contribution in [-0.4, -0.2) is 42.6 Å². The van der Waals surface area contributed by atoms with Gasteiger partial charge < -0.3 is 10.2 Å². The third kappa shape index (κ3) is 821. The molecule has 0 aliphatic carbocycles. The first kappa shape index (κ1) is 8.94. The van der Waals surface area contributed by atoms with E-state index in [4.69, 9.17) is 15.0 Å². The van der Waals surface area contributed by atoms with Crippen molar-refractivity contribution in [1.29, 1.82) is 0 Å². The second kappa shape index (κ2) is 4.15. The molecule has 2 N–H and O–H groups in total. The molecule has 0 saturated carbocycles. The molecule has 0 fully saturated rings. The molecule has 0 aliphatic rings. The van der Waals surface area contributed by atoms with Crippen LogP contribution in [0.15, 0.2) is 0 Å². The molecule has 0 unspecified atom stereocenters. The van der Waals surface area contributed by atoms with Gasteiger partial charge in [-0.2, -0.15) is 0 Å². The molecule has 0 aromatic heterocycles. The van der Waals surface area contributed by atoms with E-state index in [9.17, 15) is 0 Å². The summed E-state index contributed by atoms with van der Waals surface area (Å²) in [7, 11) is 0. The third-order valence-electron chi connectivity index (χ3n) is 0. The molecule has 0 aromatic rings. The summed E-state index contributed by atoms with van der Waals surface area (Å²) in [6, 6.07) is 0. The molecule has 0 aromatic carbocycles. The summed E-state index contributed by atoms with van der Waals surface area (Å²) in [4.78, 5) is 8.56. The minimum atomic E-state index is -1.83. The van der Waals surface area contributed by atoms with Crippen molar-refractivity contribution in [3.05, 3.63) is 0 Å². The second-order valence-electron chi connectivity index (χ2n) is 0.283. The van der Waals surface area contributed by atoms with Gasteiger partial charge in [0.15, 0.2) is 0 Å². The van der Waals surface area contributed by atoms with Gasteiger partial charge in [-0.3, -0.25) is 0 Å². The zero-order valence-corrected chi connectivity index (χ0v) is 5.73. The third-order valence-corrected chi connectivity index (χ3v) is 0. The average molecular weight is 271 g/mol.